The average molecular weight is 325 g/mol. The molecule has 0 heterocycles. The van der Waals surface area contributed by atoms with E-state index >= 15 is 0 Å². The van der Waals surface area contributed by atoms with Gasteiger partial charge in [0.15, 0.2) is 0 Å². The molecule has 0 aliphatic rings. The van der Waals surface area contributed by atoms with E-state index in [1.54, 1.807) is 30.3 Å². The van der Waals surface area contributed by atoms with Gasteiger partial charge >= 0.3 is 0 Å². The van der Waals surface area contributed by atoms with Crippen molar-refractivity contribution in [2.45, 2.75) is 11.3 Å². The summed E-state index contributed by atoms with van der Waals surface area (Å²) in [5.41, 5.74) is 6.50. The Balaban J connectivity index is 1.85. The van der Waals surface area contributed by atoms with Crippen LogP contribution in [0.1, 0.15) is 6.42 Å². The quantitative estimate of drug-likeness (QED) is 0.640. The molecule has 6 heteroatoms. The van der Waals surface area contributed by atoms with Crippen LogP contribution in [0.15, 0.2) is 47.4 Å². The molecule has 0 saturated heterocycles. The molecule has 0 fully saturated rings. The van der Waals surface area contributed by atoms with Crippen LogP contribution in [-0.4, -0.2) is 11.7 Å². The van der Waals surface area contributed by atoms with Crippen LogP contribution in [0.3, 0.4) is 0 Å². The summed E-state index contributed by atoms with van der Waals surface area (Å²) < 4.78 is 13.4. The zero-order valence-corrected chi connectivity index (χ0v) is 12.7. The number of benzene rings is 2. The highest BCUT2D eigenvalue weighted by atomic mass is 35.5. The maximum absolute atomic E-state index is 13.4. The molecule has 0 unspecified atom stereocenters. The van der Waals surface area contributed by atoms with E-state index in [9.17, 15) is 9.18 Å². The van der Waals surface area contributed by atoms with Crippen LogP contribution in [0.25, 0.3) is 0 Å². The molecular weight excluding hydrogens is 311 g/mol. The van der Waals surface area contributed by atoms with Crippen molar-refractivity contribution in [2.24, 2.45) is 0 Å². The second-order valence-corrected chi connectivity index (χ2v) is 5.86. The summed E-state index contributed by atoms with van der Waals surface area (Å²) in [5.74, 6) is -0.159. The molecule has 0 radical (unpaired) electrons. The number of carbonyl (C=O) groups excluding carboxylic acids is 1. The van der Waals surface area contributed by atoms with Gasteiger partial charge in [-0.2, -0.15) is 0 Å². The van der Waals surface area contributed by atoms with Crippen LogP contribution in [0, 0.1) is 5.82 Å². The van der Waals surface area contributed by atoms with Crippen molar-refractivity contribution in [1.29, 1.82) is 0 Å². The molecule has 2 aromatic rings. The highest BCUT2D eigenvalue weighted by molar-refractivity contribution is 7.99. The number of anilines is 2. The van der Waals surface area contributed by atoms with Crippen molar-refractivity contribution in [3.8, 4) is 0 Å². The molecule has 3 nitrogen and oxygen atoms in total. The summed E-state index contributed by atoms with van der Waals surface area (Å²) in [4.78, 5) is 12.6. The minimum absolute atomic E-state index is 0.189. The number of para-hydroxylation sites is 1. The van der Waals surface area contributed by atoms with Gasteiger partial charge in [0.25, 0.3) is 0 Å². The van der Waals surface area contributed by atoms with Crippen LogP contribution < -0.4 is 11.1 Å². The Bertz CT molecular complexity index is 651. The Morgan fingerprint density at radius 2 is 2.05 bits per heavy atom. The van der Waals surface area contributed by atoms with Gasteiger partial charge in [0.2, 0.25) is 5.91 Å². The molecule has 0 saturated carbocycles. The predicted molar refractivity (Wildman–Crippen MR) is 86.2 cm³/mol. The van der Waals surface area contributed by atoms with E-state index in [-0.39, 0.29) is 18.0 Å². The molecule has 2 aromatic carbocycles. The average Bonchev–Trinajstić information content (AvgIpc) is 2.45. The Kier molecular flexibility index (Phi) is 5.47. The highest BCUT2D eigenvalue weighted by Gasteiger charge is 2.07. The number of halogens is 2. The summed E-state index contributed by atoms with van der Waals surface area (Å²) in [7, 11) is 0. The summed E-state index contributed by atoms with van der Waals surface area (Å²) in [5, 5.41) is 3.14. The molecule has 0 aliphatic heterocycles. The van der Waals surface area contributed by atoms with Gasteiger partial charge in [-0.05, 0) is 30.3 Å². The smallest absolute Gasteiger partial charge is 0.225 e. The lowest BCUT2D eigenvalue weighted by Gasteiger charge is -2.07. The Labute approximate surface area is 131 Å². The second-order valence-electron chi connectivity index (χ2n) is 4.32. The fraction of sp³-hybridized carbons (Fsp3) is 0.133. The van der Waals surface area contributed by atoms with E-state index in [4.69, 9.17) is 17.3 Å². The van der Waals surface area contributed by atoms with Gasteiger partial charge in [0.05, 0.1) is 10.7 Å². The molecule has 0 spiro atoms. The van der Waals surface area contributed by atoms with Gasteiger partial charge in [-0.1, -0.05) is 23.7 Å². The minimum Gasteiger partial charge on any atom is -0.399 e. The number of rotatable bonds is 5. The van der Waals surface area contributed by atoms with E-state index in [1.165, 1.54) is 23.9 Å². The van der Waals surface area contributed by atoms with Crippen molar-refractivity contribution in [1.82, 2.24) is 0 Å². The standard InChI is InChI=1S/C15H14ClFN2OS/c16-11-6-5-10(18)9-14(11)21-8-7-15(20)19-13-4-2-1-3-12(13)17/h1-6,9H,7-8,18H2,(H,19,20). The van der Waals surface area contributed by atoms with Gasteiger partial charge in [-0.25, -0.2) is 4.39 Å². The van der Waals surface area contributed by atoms with Gasteiger partial charge in [-0.15, -0.1) is 11.8 Å². The number of nitrogen functional groups attached to an aromatic ring is 1. The third-order valence-corrected chi connectivity index (χ3v) is 4.19. The van der Waals surface area contributed by atoms with Gasteiger partial charge < -0.3 is 11.1 Å². The second kappa shape index (κ2) is 7.33. The molecule has 0 aromatic heterocycles. The number of hydrogen-bond acceptors (Lipinski definition) is 3. The Hall–Kier alpha value is -1.72. The summed E-state index contributed by atoms with van der Waals surface area (Å²) in [6, 6.07) is 11.3. The Morgan fingerprint density at radius 1 is 1.29 bits per heavy atom. The van der Waals surface area contributed by atoms with Crippen LogP contribution >= 0.6 is 23.4 Å². The zero-order valence-electron chi connectivity index (χ0n) is 11.1. The number of thioether (sulfide) groups is 1. The molecule has 21 heavy (non-hydrogen) atoms. The monoisotopic (exact) mass is 324 g/mol. The zero-order chi connectivity index (χ0) is 15.2. The predicted octanol–water partition coefficient (Wildman–Crippen LogP) is 4.18. The van der Waals surface area contributed by atoms with Crippen LogP contribution in [0.5, 0.6) is 0 Å². The third kappa shape index (κ3) is 4.65. The van der Waals surface area contributed by atoms with E-state index in [0.717, 1.165) is 4.90 Å². The minimum atomic E-state index is -0.447. The lowest BCUT2D eigenvalue weighted by molar-refractivity contribution is -0.115. The Morgan fingerprint density at radius 3 is 2.81 bits per heavy atom. The first-order valence-corrected chi connectivity index (χ1v) is 7.65. The van der Waals surface area contributed by atoms with E-state index < -0.39 is 5.82 Å². The topological polar surface area (TPSA) is 55.1 Å². The van der Waals surface area contributed by atoms with E-state index in [1.807, 2.05) is 0 Å². The van der Waals surface area contributed by atoms with Crippen LogP contribution in [0.4, 0.5) is 15.8 Å². The number of hydrogen-bond donors (Lipinski definition) is 2. The molecule has 2 rings (SSSR count). The normalized spacial score (nSPS) is 10.4. The third-order valence-electron chi connectivity index (χ3n) is 2.69. The van der Waals surface area contributed by atoms with Crippen molar-refractivity contribution in [3.63, 3.8) is 0 Å². The number of carbonyl (C=O) groups is 1. The van der Waals surface area contributed by atoms with Crippen molar-refractivity contribution < 1.29 is 9.18 Å². The highest BCUT2D eigenvalue weighted by Crippen LogP contribution is 2.29. The van der Waals surface area contributed by atoms with Crippen molar-refractivity contribution >= 4 is 40.6 Å². The molecular formula is C15H14ClFN2OS. The number of amides is 1. The summed E-state index contributed by atoms with van der Waals surface area (Å²) in [6.45, 7) is 0. The SMILES string of the molecule is Nc1ccc(Cl)c(SCCC(=O)Nc2ccccc2F)c1. The fourth-order valence-electron chi connectivity index (χ4n) is 1.66. The number of nitrogens with one attached hydrogen (secondary N) is 1. The lowest BCUT2D eigenvalue weighted by Crippen LogP contribution is -2.13. The summed E-state index contributed by atoms with van der Waals surface area (Å²) in [6.07, 6.45) is 0.254. The summed E-state index contributed by atoms with van der Waals surface area (Å²) >= 11 is 7.47. The largest absolute Gasteiger partial charge is 0.399 e. The van der Waals surface area contributed by atoms with Crippen molar-refractivity contribution in [2.75, 3.05) is 16.8 Å². The molecule has 0 bridgehead atoms. The molecule has 3 N–H and O–H groups in total. The van der Waals surface area contributed by atoms with Crippen LogP contribution in [-0.2, 0) is 4.79 Å². The van der Waals surface area contributed by atoms with Crippen molar-refractivity contribution in [3.05, 3.63) is 53.3 Å². The first-order chi connectivity index (χ1) is 10.1. The maximum Gasteiger partial charge on any atom is 0.225 e. The van der Waals surface area contributed by atoms with Gasteiger partial charge in [0, 0.05) is 22.8 Å². The van der Waals surface area contributed by atoms with E-state index in [0.29, 0.717) is 16.5 Å². The number of nitrogens with two attached hydrogens (primary N) is 1. The lowest BCUT2D eigenvalue weighted by atomic mass is 10.3. The van der Waals surface area contributed by atoms with Gasteiger partial charge in [0.1, 0.15) is 5.82 Å². The maximum atomic E-state index is 13.4. The van der Waals surface area contributed by atoms with Gasteiger partial charge in [-0.3, -0.25) is 4.79 Å². The molecule has 0 atom stereocenters. The molecule has 1 amide bonds. The first-order valence-electron chi connectivity index (χ1n) is 6.28. The van der Waals surface area contributed by atoms with E-state index in [2.05, 4.69) is 5.32 Å². The van der Waals surface area contributed by atoms with Crippen LogP contribution in [0.2, 0.25) is 5.02 Å². The fourth-order valence-corrected chi connectivity index (χ4v) is 2.87. The molecule has 110 valence electrons. The first kappa shape index (κ1) is 15.7. The molecule has 0 aliphatic carbocycles.